The van der Waals surface area contributed by atoms with Crippen LogP contribution in [0.2, 0.25) is 5.02 Å². The Morgan fingerprint density at radius 2 is 1.89 bits per heavy atom. The summed E-state index contributed by atoms with van der Waals surface area (Å²) < 4.78 is 7.79. The van der Waals surface area contributed by atoms with Gasteiger partial charge in [0.1, 0.15) is 11.9 Å². The van der Waals surface area contributed by atoms with Crippen molar-refractivity contribution in [2.24, 2.45) is 5.73 Å². The molecule has 0 aliphatic rings. The number of halogens is 3. The molecule has 0 aromatic heterocycles. The normalized spacial score (nSPS) is 12.2. The lowest BCUT2D eigenvalue weighted by Crippen LogP contribution is -2.19. The van der Waals surface area contributed by atoms with Gasteiger partial charge in [0, 0.05) is 21.1 Å². The molecule has 100 valence electrons. The first kappa shape index (κ1) is 14.9. The Labute approximate surface area is 134 Å². The van der Waals surface area contributed by atoms with E-state index in [0.29, 0.717) is 17.3 Å². The van der Waals surface area contributed by atoms with Crippen molar-refractivity contribution in [1.82, 2.24) is 0 Å². The smallest absolute Gasteiger partial charge is 0.138 e. The van der Waals surface area contributed by atoms with E-state index in [1.807, 2.05) is 36.4 Å². The van der Waals surface area contributed by atoms with Crippen LogP contribution in [0.1, 0.15) is 11.7 Å². The molecule has 0 saturated heterocycles. The zero-order valence-electron chi connectivity index (χ0n) is 9.95. The number of benzene rings is 2. The Hall–Kier alpha value is -0.550. The maximum absolute atomic E-state index is 6.15. The summed E-state index contributed by atoms with van der Waals surface area (Å²) in [6.45, 7) is 0.370. The molecule has 2 rings (SSSR count). The Kier molecular flexibility index (Phi) is 5.28. The van der Waals surface area contributed by atoms with E-state index >= 15 is 0 Å². The van der Waals surface area contributed by atoms with Gasteiger partial charge in [-0.2, -0.15) is 0 Å². The molecular formula is C14H12Br2ClNO. The summed E-state index contributed by atoms with van der Waals surface area (Å²) >= 11 is 13.0. The molecule has 0 aliphatic heterocycles. The lowest BCUT2D eigenvalue weighted by Gasteiger charge is -2.20. The highest BCUT2D eigenvalue weighted by atomic mass is 79.9. The zero-order chi connectivity index (χ0) is 13.8. The molecule has 5 heteroatoms. The number of ether oxygens (including phenoxy) is 1. The van der Waals surface area contributed by atoms with Crippen molar-refractivity contribution in [1.29, 1.82) is 0 Å². The second-order valence-corrected chi connectivity index (χ2v) is 6.12. The van der Waals surface area contributed by atoms with Crippen LogP contribution in [0.25, 0.3) is 0 Å². The molecule has 0 fully saturated rings. The topological polar surface area (TPSA) is 35.2 Å². The Morgan fingerprint density at radius 1 is 1.16 bits per heavy atom. The predicted molar refractivity (Wildman–Crippen MR) is 85.7 cm³/mol. The zero-order valence-corrected chi connectivity index (χ0v) is 13.9. The number of hydrogen-bond acceptors (Lipinski definition) is 2. The highest BCUT2D eigenvalue weighted by molar-refractivity contribution is 9.10. The van der Waals surface area contributed by atoms with Crippen LogP contribution in [0, 0.1) is 0 Å². The van der Waals surface area contributed by atoms with Crippen LogP contribution in [0.5, 0.6) is 5.75 Å². The van der Waals surface area contributed by atoms with Gasteiger partial charge in [-0.15, -0.1) is 0 Å². The Balaban J connectivity index is 2.27. The third kappa shape index (κ3) is 3.72. The molecule has 0 aliphatic carbocycles. The van der Waals surface area contributed by atoms with Gasteiger partial charge in [-0.3, -0.25) is 0 Å². The van der Waals surface area contributed by atoms with Crippen LogP contribution in [-0.2, 0) is 0 Å². The molecule has 0 amide bonds. The lowest BCUT2D eigenvalue weighted by molar-refractivity contribution is 0.213. The maximum atomic E-state index is 6.15. The summed E-state index contributed by atoms with van der Waals surface area (Å²) in [6, 6.07) is 13.4. The first-order chi connectivity index (χ1) is 9.11. The molecule has 0 bridgehead atoms. The van der Waals surface area contributed by atoms with Crippen molar-refractivity contribution in [3.63, 3.8) is 0 Å². The number of hydrogen-bond donors (Lipinski definition) is 1. The summed E-state index contributed by atoms with van der Waals surface area (Å²) in [5.41, 5.74) is 6.81. The highest BCUT2D eigenvalue weighted by Crippen LogP contribution is 2.33. The SMILES string of the molecule is NCC(Oc1ccc(Br)cc1Cl)c1ccccc1Br. The fourth-order valence-corrected chi connectivity index (χ4v) is 2.96. The first-order valence-electron chi connectivity index (χ1n) is 5.68. The lowest BCUT2D eigenvalue weighted by atomic mass is 10.1. The average molecular weight is 406 g/mol. The van der Waals surface area contributed by atoms with E-state index in [0.717, 1.165) is 14.5 Å². The van der Waals surface area contributed by atoms with Gasteiger partial charge < -0.3 is 10.5 Å². The molecule has 0 radical (unpaired) electrons. The molecular weight excluding hydrogens is 393 g/mol. The minimum absolute atomic E-state index is 0.241. The van der Waals surface area contributed by atoms with Crippen LogP contribution in [0.3, 0.4) is 0 Å². The van der Waals surface area contributed by atoms with E-state index < -0.39 is 0 Å². The fraction of sp³-hybridized carbons (Fsp3) is 0.143. The van der Waals surface area contributed by atoms with E-state index in [-0.39, 0.29) is 6.10 Å². The van der Waals surface area contributed by atoms with Gasteiger partial charge in [0.2, 0.25) is 0 Å². The van der Waals surface area contributed by atoms with Crippen LogP contribution in [0.15, 0.2) is 51.4 Å². The Bertz CT molecular complexity index is 577. The van der Waals surface area contributed by atoms with Crippen LogP contribution < -0.4 is 10.5 Å². The van der Waals surface area contributed by atoms with Crippen molar-refractivity contribution in [3.8, 4) is 5.75 Å². The van der Waals surface area contributed by atoms with Crippen LogP contribution in [0.4, 0.5) is 0 Å². The summed E-state index contributed by atoms with van der Waals surface area (Å²) in [7, 11) is 0. The molecule has 2 aromatic carbocycles. The van der Waals surface area contributed by atoms with E-state index in [4.69, 9.17) is 22.1 Å². The molecule has 1 atom stereocenters. The van der Waals surface area contributed by atoms with Crippen LogP contribution in [-0.4, -0.2) is 6.54 Å². The van der Waals surface area contributed by atoms with Crippen molar-refractivity contribution < 1.29 is 4.74 Å². The van der Waals surface area contributed by atoms with Crippen molar-refractivity contribution in [2.75, 3.05) is 6.54 Å². The summed E-state index contributed by atoms with van der Waals surface area (Å²) in [5.74, 6) is 0.621. The largest absolute Gasteiger partial charge is 0.483 e. The second-order valence-electron chi connectivity index (χ2n) is 3.94. The molecule has 0 saturated carbocycles. The minimum atomic E-state index is -0.241. The number of rotatable bonds is 4. The molecule has 19 heavy (non-hydrogen) atoms. The van der Waals surface area contributed by atoms with Crippen molar-refractivity contribution >= 4 is 43.5 Å². The summed E-state index contributed by atoms with van der Waals surface area (Å²) in [4.78, 5) is 0. The molecule has 1 unspecified atom stereocenters. The minimum Gasteiger partial charge on any atom is -0.483 e. The monoisotopic (exact) mass is 403 g/mol. The maximum Gasteiger partial charge on any atom is 0.138 e. The molecule has 0 heterocycles. The van der Waals surface area contributed by atoms with Crippen LogP contribution >= 0.6 is 43.5 Å². The summed E-state index contributed by atoms with van der Waals surface area (Å²) in [6.07, 6.45) is -0.241. The van der Waals surface area contributed by atoms with E-state index in [1.54, 1.807) is 6.07 Å². The van der Waals surface area contributed by atoms with E-state index in [9.17, 15) is 0 Å². The average Bonchev–Trinajstić information content (AvgIpc) is 2.39. The first-order valence-corrected chi connectivity index (χ1v) is 7.64. The predicted octanol–water partition coefficient (Wildman–Crippen LogP) is 4.94. The van der Waals surface area contributed by atoms with Gasteiger partial charge >= 0.3 is 0 Å². The quantitative estimate of drug-likeness (QED) is 0.782. The molecule has 2 nitrogen and oxygen atoms in total. The number of nitrogens with two attached hydrogens (primary N) is 1. The van der Waals surface area contributed by atoms with Gasteiger partial charge in [0.15, 0.2) is 0 Å². The molecule has 2 aromatic rings. The van der Waals surface area contributed by atoms with E-state index in [2.05, 4.69) is 31.9 Å². The van der Waals surface area contributed by atoms with Gasteiger partial charge in [-0.25, -0.2) is 0 Å². The Morgan fingerprint density at radius 3 is 2.53 bits per heavy atom. The summed E-state index contributed by atoms with van der Waals surface area (Å²) in [5, 5.41) is 0.555. The van der Waals surface area contributed by atoms with Gasteiger partial charge in [-0.05, 0) is 24.3 Å². The van der Waals surface area contributed by atoms with Gasteiger partial charge in [0.05, 0.1) is 5.02 Å². The third-order valence-corrected chi connectivity index (χ3v) is 4.14. The van der Waals surface area contributed by atoms with Gasteiger partial charge in [0.25, 0.3) is 0 Å². The van der Waals surface area contributed by atoms with Crippen molar-refractivity contribution in [2.45, 2.75) is 6.10 Å². The third-order valence-electron chi connectivity index (χ3n) is 2.63. The second kappa shape index (κ2) is 6.75. The highest BCUT2D eigenvalue weighted by Gasteiger charge is 2.15. The van der Waals surface area contributed by atoms with Gasteiger partial charge in [-0.1, -0.05) is 61.7 Å². The van der Waals surface area contributed by atoms with E-state index in [1.165, 1.54) is 0 Å². The standard InChI is InChI=1S/C14H12Br2ClNO/c15-9-5-6-13(12(17)7-9)19-14(8-18)10-3-1-2-4-11(10)16/h1-7,14H,8,18H2. The molecule has 2 N–H and O–H groups in total. The van der Waals surface area contributed by atoms with Crippen molar-refractivity contribution in [3.05, 3.63) is 62.0 Å². The fourth-order valence-electron chi connectivity index (χ4n) is 1.70. The molecule has 0 spiro atoms.